The van der Waals surface area contributed by atoms with Crippen molar-refractivity contribution in [3.05, 3.63) is 23.3 Å². The van der Waals surface area contributed by atoms with Crippen LogP contribution in [-0.4, -0.2) is 23.1 Å². The molecule has 4 nitrogen and oxygen atoms in total. The number of fused-ring (bicyclic) bond motifs is 4. The molecule has 0 aliphatic carbocycles. The molecule has 3 aliphatic rings. The average molecular weight is 248 g/mol. The van der Waals surface area contributed by atoms with Crippen molar-refractivity contribution in [2.45, 2.75) is 50.7 Å². The van der Waals surface area contributed by atoms with Crippen molar-refractivity contribution in [1.29, 1.82) is 0 Å². The van der Waals surface area contributed by atoms with Gasteiger partial charge in [-0.2, -0.15) is 0 Å². The zero-order chi connectivity index (χ0) is 13.0. The number of carbonyl (C=O) groups excluding carboxylic acids is 2. The predicted octanol–water partition coefficient (Wildman–Crippen LogP) is 2.04. The zero-order valence-corrected chi connectivity index (χ0v) is 10.6. The van der Waals surface area contributed by atoms with Gasteiger partial charge >= 0.3 is 11.9 Å². The van der Waals surface area contributed by atoms with E-state index in [0.29, 0.717) is 24.0 Å². The lowest BCUT2D eigenvalue weighted by molar-refractivity contribution is -0.155. The van der Waals surface area contributed by atoms with Crippen LogP contribution >= 0.6 is 0 Å². The van der Waals surface area contributed by atoms with Gasteiger partial charge < -0.3 is 9.47 Å². The summed E-state index contributed by atoms with van der Waals surface area (Å²) in [5.41, 5.74) is -0.541. The maximum absolute atomic E-state index is 11.9. The highest BCUT2D eigenvalue weighted by atomic mass is 16.6. The van der Waals surface area contributed by atoms with E-state index in [1.807, 2.05) is 26.0 Å². The Balaban J connectivity index is 2.13. The summed E-state index contributed by atoms with van der Waals surface area (Å²) in [4.78, 5) is 23.7. The van der Waals surface area contributed by atoms with Crippen molar-refractivity contribution < 1.29 is 19.1 Å². The van der Waals surface area contributed by atoms with Crippen LogP contribution in [0, 0.1) is 0 Å². The molecule has 18 heavy (non-hydrogen) atoms. The number of rotatable bonds is 4. The molecule has 4 heteroatoms. The predicted molar refractivity (Wildman–Crippen MR) is 63.6 cm³/mol. The van der Waals surface area contributed by atoms with Crippen LogP contribution in [0.3, 0.4) is 0 Å². The molecular formula is C14H16O4. The number of esters is 2. The second kappa shape index (κ2) is 3.54. The summed E-state index contributed by atoms with van der Waals surface area (Å²) in [5, 5.41) is 0. The molecule has 96 valence electrons. The van der Waals surface area contributed by atoms with Gasteiger partial charge in [0.15, 0.2) is 0 Å². The SMILES string of the molecule is CCCC12C=CC(CCC)(O1)C1=C2C(=O)OC1=O. The number of carbonyl (C=O) groups is 2. The number of hydrogen-bond acceptors (Lipinski definition) is 4. The molecule has 0 amide bonds. The number of cyclic esters (lactones) is 2. The van der Waals surface area contributed by atoms with Crippen molar-refractivity contribution in [3.63, 3.8) is 0 Å². The Hall–Kier alpha value is -1.42. The molecule has 0 aromatic heterocycles. The van der Waals surface area contributed by atoms with Crippen LogP contribution in [0.1, 0.15) is 39.5 Å². The minimum Gasteiger partial charge on any atom is -0.386 e. The Morgan fingerprint density at radius 2 is 1.39 bits per heavy atom. The zero-order valence-electron chi connectivity index (χ0n) is 10.6. The van der Waals surface area contributed by atoms with Crippen molar-refractivity contribution in [1.82, 2.24) is 0 Å². The fourth-order valence-corrected chi connectivity index (χ4v) is 3.35. The van der Waals surface area contributed by atoms with E-state index < -0.39 is 23.1 Å². The minimum absolute atomic E-state index is 0.449. The molecule has 3 heterocycles. The largest absolute Gasteiger partial charge is 0.386 e. The van der Waals surface area contributed by atoms with Gasteiger partial charge in [-0.15, -0.1) is 0 Å². The van der Waals surface area contributed by atoms with E-state index in [0.717, 1.165) is 12.8 Å². The molecule has 0 spiro atoms. The van der Waals surface area contributed by atoms with E-state index in [9.17, 15) is 9.59 Å². The van der Waals surface area contributed by atoms with Gasteiger partial charge in [-0.1, -0.05) is 26.7 Å². The molecule has 3 aliphatic heterocycles. The van der Waals surface area contributed by atoms with Crippen LogP contribution in [0.5, 0.6) is 0 Å². The molecule has 2 atom stereocenters. The minimum atomic E-state index is -0.720. The maximum atomic E-state index is 11.9. The Labute approximate surface area is 106 Å². The topological polar surface area (TPSA) is 52.6 Å². The van der Waals surface area contributed by atoms with Gasteiger partial charge in [-0.3, -0.25) is 0 Å². The lowest BCUT2D eigenvalue weighted by atomic mass is 9.79. The summed E-state index contributed by atoms with van der Waals surface area (Å²) in [6.45, 7) is 4.07. The van der Waals surface area contributed by atoms with Crippen molar-refractivity contribution >= 4 is 11.9 Å². The van der Waals surface area contributed by atoms with Crippen molar-refractivity contribution in [2.75, 3.05) is 0 Å². The molecule has 3 rings (SSSR count). The fraction of sp³-hybridized carbons (Fsp3) is 0.571. The molecule has 0 N–H and O–H groups in total. The molecule has 0 aromatic carbocycles. The Morgan fingerprint density at radius 1 is 0.944 bits per heavy atom. The third-order valence-electron chi connectivity index (χ3n) is 3.92. The van der Waals surface area contributed by atoms with Crippen LogP contribution in [0.4, 0.5) is 0 Å². The third kappa shape index (κ3) is 1.19. The van der Waals surface area contributed by atoms with Crippen LogP contribution < -0.4 is 0 Å². The van der Waals surface area contributed by atoms with E-state index in [2.05, 4.69) is 0 Å². The summed E-state index contributed by atoms with van der Waals surface area (Å²) < 4.78 is 10.9. The highest BCUT2D eigenvalue weighted by molar-refractivity contribution is 6.16. The highest BCUT2D eigenvalue weighted by Crippen LogP contribution is 2.56. The summed E-state index contributed by atoms with van der Waals surface area (Å²) in [7, 11) is 0. The molecule has 2 bridgehead atoms. The second-order valence-corrected chi connectivity index (χ2v) is 5.14. The fourth-order valence-electron chi connectivity index (χ4n) is 3.35. The Morgan fingerprint density at radius 3 is 1.78 bits per heavy atom. The average Bonchev–Trinajstić information content (AvgIpc) is 2.89. The quantitative estimate of drug-likeness (QED) is 0.434. The molecule has 0 fully saturated rings. The van der Waals surface area contributed by atoms with Crippen LogP contribution in [0.25, 0.3) is 0 Å². The van der Waals surface area contributed by atoms with Crippen molar-refractivity contribution in [3.8, 4) is 0 Å². The molecular weight excluding hydrogens is 232 g/mol. The van der Waals surface area contributed by atoms with Crippen molar-refractivity contribution in [2.24, 2.45) is 0 Å². The Bertz CT molecular complexity index is 460. The standard InChI is InChI=1S/C14H16O4/c1-3-5-13-7-8-14(18-13,6-4-2)10-9(13)11(15)17-12(10)16/h7-8H,3-6H2,1-2H3. The molecule has 0 saturated carbocycles. The molecule has 0 saturated heterocycles. The summed E-state index contributed by atoms with van der Waals surface area (Å²) in [6, 6.07) is 0. The molecule has 0 aromatic rings. The molecule has 0 radical (unpaired) electrons. The van der Waals surface area contributed by atoms with Crippen LogP contribution in [-0.2, 0) is 19.1 Å². The maximum Gasteiger partial charge on any atom is 0.345 e. The number of ether oxygens (including phenoxy) is 2. The summed E-state index contributed by atoms with van der Waals surface area (Å²) >= 11 is 0. The summed E-state index contributed by atoms with van der Waals surface area (Å²) in [5.74, 6) is -1.04. The van der Waals surface area contributed by atoms with Crippen LogP contribution in [0.15, 0.2) is 23.3 Å². The van der Waals surface area contributed by atoms with Gasteiger partial charge in [0.05, 0.1) is 11.1 Å². The van der Waals surface area contributed by atoms with Crippen LogP contribution in [0.2, 0.25) is 0 Å². The van der Waals surface area contributed by atoms with Gasteiger partial charge in [0.2, 0.25) is 0 Å². The number of hydrogen-bond donors (Lipinski definition) is 0. The normalized spacial score (nSPS) is 36.6. The third-order valence-corrected chi connectivity index (χ3v) is 3.92. The van der Waals surface area contributed by atoms with Gasteiger partial charge in [0.1, 0.15) is 11.2 Å². The van der Waals surface area contributed by atoms with Gasteiger partial charge in [-0.05, 0) is 25.0 Å². The van der Waals surface area contributed by atoms with Gasteiger partial charge in [0, 0.05) is 0 Å². The van der Waals surface area contributed by atoms with E-state index in [4.69, 9.17) is 9.47 Å². The lowest BCUT2D eigenvalue weighted by Gasteiger charge is -2.28. The van der Waals surface area contributed by atoms with E-state index in [1.165, 1.54) is 0 Å². The van der Waals surface area contributed by atoms with E-state index >= 15 is 0 Å². The summed E-state index contributed by atoms with van der Waals surface area (Å²) in [6.07, 6.45) is 7.04. The molecule has 2 unspecified atom stereocenters. The first-order valence-electron chi connectivity index (χ1n) is 6.51. The lowest BCUT2D eigenvalue weighted by Crippen LogP contribution is -2.35. The first-order valence-corrected chi connectivity index (χ1v) is 6.51. The first kappa shape index (κ1) is 11.7. The monoisotopic (exact) mass is 248 g/mol. The second-order valence-electron chi connectivity index (χ2n) is 5.14. The first-order chi connectivity index (χ1) is 8.58. The Kier molecular flexibility index (Phi) is 2.29. The van der Waals surface area contributed by atoms with E-state index in [-0.39, 0.29) is 0 Å². The smallest absolute Gasteiger partial charge is 0.345 e. The highest BCUT2D eigenvalue weighted by Gasteiger charge is 2.64. The van der Waals surface area contributed by atoms with Gasteiger partial charge in [-0.25, -0.2) is 9.59 Å². The van der Waals surface area contributed by atoms with E-state index in [1.54, 1.807) is 0 Å². The van der Waals surface area contributed by atoms with Gasteiger partial charge in [0.25, 0.3) is 0 Å².